The number of amides is 2. The molecule has 2 aromatic rings. The molecule has 2 amide bonds. The first-order valence-corrected chi connectivity index (χ1v) is 10.8. The number of carbonyl (C=O) groups excluding carboxylic acids is 2. The first kappa shape index (κ1) is 20.5. The highest BCUT2D eigenvalue weighted by molar-refractivity contribution is 5.98. The summed E-state index contributed by atoms with van der Waals surface area (Å²) in [5, 5.41) is 11.3. The van der Waals surface area contributed by atoms with Crippen molar-refractivity contribution in [3.8, 4) is 11.4 Å². The van der Waals surface area contributed by atoms with Gasteiger partial charge in [-0.25, -0.2) is 4.39 Å². The van der Waals surface area contributed by atoms with E-state index in [1.165, 1.54) is 6.07 Å². The number of rotatable bonds is 5. The first-order chi connectivity index (χ1) is 14.5. The van der Waals surface area contributed by atoms with Crippen molar-refractivity contribution in [2.75, 3.05) is 11.9 Å². The Morgan fingerprint density at radius 2 is 1.93 bits per heavy atom. The van der Waals surface area contributed by atoms with Gasteiger partial charge in [-0.3, -0.25) is 9.59 Å². The molecule has 4 rings (SSSR count). The number of likely N-dealkylation sites (tertiary alicyclic amines) is 1. The summed E-state index contributed by atoms with van der Waals surface area (Å²) in [5.74, 6) is 0.659. The lowest BCUT2D eigenvalue weighted by Crippen LogP contribution is -2.48. The van der Waals surface area contributed by atoms with E-state index in [1.807, 2.05) is 13.8 Å². The predicted octanol–water partition coefficient (Wildman–Crippen LogP) is 3.40. The number of anilines is 1. The number of nitrogens with zero attached hydrogens (tertiary/aromatic N) is 4. The second kappa shape index (κ2) is 8.53. The number of fused-ring (bicyclic) bond motifs is 1. The molecule has 1 atom stereocenters. The fraction of sp³-hybridized carbons (Fsp3) is 0.545. The highest BCUT2D eigenvalue weighted by atomic mass is 19.1. The number of aryl methyl sites for hydroxylation is 1. The third-order valence-electron chi connectivity index (χ3n) is 5.94. The van der Waals surface area contributed by atoms with E-state index in [-0.39, 0.29) is 23.4 Å². The average molecular weight is 413 g/mol. The molecule has 1 fully saturated rings. The summed E-state index contributed by atoms with van der Waals surface area (Å²) in [4.78, 5) is 26.8. The molecule has 3 heterocycles. The molecule has 1 N–H and O–H groups in total. The molecule has 2 aliphatic heterocycles. The van der Waals surface area contributed by atoms with Crippen molar-refractivity contribution in [3.05, 3.63) is 29.8 Å². The van der Waals surface area contributed by atoms with Gasteiger partial charge in [-0.2, -0.15) is 0 Å². The minimum absolute atomic E-state index is 0.0239. The van der Waals surface area contributed by atoms with E-state index in [0.717, 1.165) is 44.5 Å². The van der Waals surface area contributed by atoms with Crippen molar-refractivity contribution >= 4 is 17.5 Å². The van der Waals surface area contributed by atoms with Crippen LogP contribution in [0.3, 0.4) is 0 Å². The molecule has 2 aliphatic rings. The number of carbonyl (C=O) groups is 2. The summed E-state index contributed by atoms with van der Waals surface area (Å²) in [6.45, 7) is 5.19. The van der Waals surface area contributed by atoms with Crippen LogP contribution in [-0.2, 0) is 22.6 Å². The fourth-order valence-corrected chi connectivity index (χ4v) is 4.43. The summed E-state index contributed by atoms with van der Waals surface area (Å²) < 4.78 is 16.6. The van der Waals surface area contributed by atoms with Crippen molar-refractivity contribution < 1.29 is 14.0 Å². The van der Waals surface area contributed by atoms with Gasteiger partial charge in [0.15, 0.2) is 5.82 Å². The molecule has 0 aliphatic carbocycles. The Kier molecular flexibility index (Phi) is 5.83. The van der Waals surface area contributed by atoms with E-state index in [2.05, 4.69) is 20.1 Å². The van der Waals surface area contributed by atoms with Gasteiger partial charge in [0.1, 0.15) is 17.7 Å². The Bertz CT molecular complexity index is 955. The van der Waals surface area contributed by atoms with Gasteiger partial charge in [0, 0.05) is 31.5 Å². The highest BCUT2D eigenvalue weighted by Gasteiger charge is 2.35. The molecule has 0 saturated carbocycles. The van der Waals surface area contributed by atoms with Crippen LogP contribution < -0.4 is 5.32 Å². The summed E-state index contributed by atoms with van der Waals surface area (Å²) >= 11 is 0. The minimum atomic E-state index is -0.618. The monoisotopic (exact) mass is 413 g/mol. The maximum absolute atomic E-state index is 14.6. The fourth-order valence-electron chi connectivity index (χ4n) is 4.43. The van der Waals surface area contributed by atoms with Gasteiger partial charge >= 0.3 is 0 Å². The molecule has 160 valence electrons. The average Bonchev–Trinajstić information content (AvgIpc) is 3.22. The van der Waals surface area contributed by atoms with E-state index in [9.17, 15) is 14.0 Å². The Balaban J connectivity index is 1.60. The molecule has 8 heteroatoms. The highest BCUT2D eigenvalue weighted by Crippen LogP contribution is 2.28. The SMILES string of the molecule is CC(C)C(C(=O)Nc1cc(-c2nnc3n2CCCCC3)ccc1F)N1CCCC1=O. The van der Waals surface area contributed by atoms with Gasteiger partial charge in [0.2, 0.25) is 11.8 Å². The van der Waals surface area contributed by atoms with E-state index in [0.29, 0.717) is 24.4 Å². The number of halogens is 1. The number of aromatic nitrogens is 3. The zero-order valence-corrected chi connectivity index (χ0v) is 17.5. The first-order valence-electron chi connectivity index (χ1n) is 10.8. The van der Waals surface area contributed by atoms with E-state index >= 15 is 0 Å². The van der Waals surface area contributed by atoms with Gasteiger partial charge in [0.05, 0.1) is 5.69 Å². The molecule has 1 aromatic heterocycles. The normalized spacial score (nSPS) is 17.7. The van der Waals surface area contributed by atoms with Crippen LogP contribution in [0, 0.1) is 11.7 Å². The number of hydrogen-bond donors (Lipinski definition) is 1. The molecule has 7 nitrogen and oxygen atoms in total. The van der Waals surface area contributed by atoms with Gasteiger partial charge in [0.25, 0.3) is 0 Å². The lowest BCUT2D eigenvalue weighted by molar-refractivity contribution is -0.136. The minimum Gasteiger partial charge on any atom is -0.330 e. The van der Waals surface area contributed by atoms with Gasteiger partial charge in [-0.05, 0) is 43.4 Å². The summed E-state index contributed by atoms with van der Waals surface area (Å²) in [7, 11) is 0. The summed E-state index contributed by atoms with van der Waals surface area (Å²) in [6.07, 6.45) is 5.39. The summed E-state index contributed by atoms with van der Waals surface area (Å²) in [5.41, 5.74) is 0.812. The third-order valence-corrected chi connectivity index (χ3v) is 5.94. The zero-order chi connectivity index (χ0) is 21.3. The van der Waals surface area contributed by atoms with Crippen LogP contribution in [0.1, 0.15) is 51.8 Å². The molecule has 0 bridgehead atoms. The second-order valence-electron chi connectivity index (χ2n) is 8.47. The van der Waals surface area contributed by atoms with Gasteiger partial charge < -0.3 is 14.8 Å². The smallest absolute Gasteiger partial charge is 0.247 e. The van der Waals surface area contributed by atoms with Crippen molar-refractivity contribution in [1.29, 1.82) is 0 Å². The summed E-state index contributed by atoms with van der Waals surface area (Å²) in [6, 6.07) is 4.00. The number of benzene rings is 1. The third kappa shape index (κ3) is 3.95. The Morgan fingerprint density at radius 3 is 2.67 bits per heavy atom. The van der Waals surface area contributed by atoms with Crippen LogP contribution in [0.5, 0.6) is 0 Å². The second-order valence-corrected chi connectivity index (χ2v) is 8.47. The van der Waals surface area contributed by atoms with Crippen LogP contribution in [0.4, 0.5) is 10.1 Å². The van der Waals surface area contributed by atoms with Crippen LogP contribution >= 0.6 is 0 Å². The maximum Gasteiger partial charge on any atom is 0.247 e. The molecule has 1 aromatic carbocycles. The van der Waals surface area contributed by atoms with Crippen molar-refractivity contribution in [2.45, 2.75) is 65.0 Å². The van der Waals surface area contributed by atoms with E-state index < -0.39 is 11.9 Å². The zero-order valence-electron chi connectivity index (χ0n) is 17.5. The van der Waals surface area contributed by atoms with Crippen LogP contribution in [0.2, 0.25) is 0 Å². The number of nitrogens with one attached hydrogen (secondary N) is 1. The van der Waals surface area contributed by atoms with Gasteiger partial charge in [-0.15, -0.1) is 10.2 Å². The van der Waals surface area contributed by atoms with Gasteiger partial charge in [-0.1, -0.05) is 20.3 Å². The van der Waals surface area contributed by atoms with Crippen LogP contribution in [0.25, 0.3) is 11.4 Å². The Morgan fingerprint density at radius 1 is 1.10 bits per heavy atom. The molecule has 0 spiro atoms. The molecular weight excluding hydrogens is 385 g/mol. The molecule has 1 saturated heterocycles. The largest absolute Gasteiger partial charge is 0.330 e. The van der Waals surface area contributed by atoms with Crippen LogP contribution in [0.15, 0.2) is 18.2 Å². The van der Waals surface area contributed by atoms with Crippen LogP contribution in [-0.4, -0.2) is 44.1 Å². The standard InChI is InChI=1S/C22H28FN5O2/c1-14(2)20(28-12-6-8-19(28)29)22(30)24-17-13-15(9-10-16(17)23)21-26-25-18-7-4-3-5-11-27(18)21/h9-10,13-14,20H,3-8,11-12H2,1-2H3,(H,24,30). The van der Waals surface area contributed by atoms with Crippen molar-refractivity contribution in [1.82, 2.24) is 19.7 Å². The Labute approximate surface area is 175 Å². The quantitative estimate of drug-likeness (QED) is 0.815. The van der Waals surface area contributed by atoms with E-state index in [4.69, 9.17) is 0 Å². The lowest BCUT2D eigenvalue weighted by atomic mass is 10.0. The topological polar surface area (TPSA) is 80.1 Å². The molecule has 30 heavy (non-hydrogen) atoms. The number of hydrogen-bond acceptors (Lipinski definition) is 4. The maximum atomic E-state index is 14.6. The predicted molar refractivity (Wildman–Crippen MR) is 111 cm³/mol. The van der Waals surface area contributed by atoms with E-state index in [1.54, 1.807) is 17.0 Å². The molecule has 1 unspecified atom stereocenters. The lowest BCUT2D eigenvalue weighted by Gasteiger charge is -2.30. The molecule has 0 radical (unpaired) electrons. The Hall–Kier alpha value is -2.77. The molecular formula is C22H28FN5O2. The van der Waals surface area contributed by atoms with Crippen molar-refractivity contribution in [2.24, 2.45) is 5.92 Å². The van der Waals surface area contributed by atoms with Crippen molar-refractivity contribution in [3.63, 3.8) is 0 Å².